The molecule has 0 radical (unpaired) electrons. The van der Waals surface area contributed by atoms with Crippen LogP contribution in [-0.2, 0) is 4.74 Å². The smallest absolute Gasteiger partial charge is 0.0713 e. The van der Waals surface area contributed by atoms with Gasteiger partial charge in [0.25, 0.3) is 0 Å². The maximum absolute atomic E-state index is 6.10. The summed E-state index contributed by atoms with van der Waals surface area (Å²) in [6, 6.07) is 1.19. The van der Waals surface area contributed by atoms with Crippen molar-refractivity contribution in [3.8, 4) is 0 Å². The molecule has 98 valence electrons. The molecule has 2 rings (SSSR count). The van der Waals surface area contributed by atoms with Crippen molar-refractivity contribution in [2.75, 3.05) is 18.1 Å². The fourth-order valence-corrected chi connectivity index (χ4v) is 4.22. The predicted molar refractivity (Wildman–Crippen MR) is 75.7 cm³/mol. The fraction of sp³-hybridized carbons (Fsp3) is 0.857. The molecule has 2 saturated heterocycles. The number of thioether (sulfide) groups is 1. The lowest BCUT2D eigenvalue weighted by Crippen LogP contribution is -2.50. The summed E-state index contributed by atoms with van der Waals surface area (Å²) in [4.78, 5) is 0. The maximum atomic E-state index is 6.10. The maximum Gasteiger partial charge on any atom is 0.0713 e. The van der Waals surface area contributed by atoms with Crippen LogP contribution in [0.25, 0.3) is 0 Å². The third kappa shape index (κ3) is 3.73. The van der Waals surface area contributed by atoms with Gasteiger partial charge in [0.15, 0.2) is 0 Å². The molecular formula is C14H25NOS. The van der Waals surface area contributed by atoms with Gasteiger partial charge in [0, 0.05) is 18.7 Å². The van der Waals surface area contributed by atoms with Crippen LogP contribution in [0.4, 0.5) is 0 Å². The zero-order chi connectivity index (χ0) is 12.1. The number of nitrogens with one attached hydrogen (secondary N) is 1. The highest BCUT2D eigenvalue weighted by Gasteiger charge is 2.38. The van der Waals surface area contributed by atoms with Gasteiger partial charge in [-0.1, -0.05) is 6.08 Å². The topological polar surface area (TPSA) is 21.3 Å². The minimum atomic E-state index is 0.203. The lowest BCUT2D eigenvalue weighted by Gasteiger charge is -2.44. The van der Waals surface area contributed by atoms with E-state index in [-0.39, 0.29) is 5.60 Å². The summed E-state index contributed by atoms with van der Waals surface area (Å²) in [5, 5.41) is 3.73. The average molecular weight is 255 g/mol. The van der Waals surface area contributed by atoms with Crippen LogP contribution >= 0.6 is 11.8 Å². The van der Waals surface area contributed by atoms with Crippen molar-refractivity contribution in [3.05, 3.63) is 12.7 Å². The molecule has 2 fully saturated rings. The molecule has 0 aliphatic carbocycles. The summed E-state index contributed by atoms with van der Waals surface area (Å²) in [7, 11) is 0. The molecule has 2 heterocycles. The average Bonchev–Trinajstić information content (AvgIpc) is 2.30. The van der Waals surface area contributed by atoms with Crippen molar-refractivity contribution >= 4 is 11.8 Å². The molecule has 0 bridgehead atoms. The number of hydrogen-bond acceptors (Lipinski definition) is 3. The Kier molecular flexibility index (Phi) is 4.95. The summed E-state index contributed by atoms with van der Waals surface area (Å²) >= 11 is 2.07. The normalized spacial score (nSPS) is 30.1. The molecule has 1 N–H and O–H groups in total. The third-order valence-corrected chi connectivity index (χ3v) is 4.92. The van der Waals surface area contributed by atoms with Gasteiger partial charge in [-0.15, -0.1) is 6.58 Å². The Balaban J connectivity index is 1.85. The second-order valence-electron chi connectivity index (χ2n) is 5.43. The second-order valence-corrected chi connectivity index (χ2v) is 6.65. The highest BCUT2D eigenvalue weighted by Crippen LogP contribution is 2.37. The largest absolute Gasteiger partial charge is 0.375 e. The van der Waals surface area contributed by atoms with E-state index in [2.05, 4.69) is 30.6 Å². The highest BCUT2D eigenvalue weighted by atomic mass is 32.2. The van der Waals surface area contributed by atoms with Gasteiger partial charge >= 0.3 is 0 Å². The van der Waals surface area contributed by atoms with Crippen LogP contribution in [0.15, 0.2) is 12.7 Å². The zero-order valence-electron chi connectivity index (χ0n) is 10.9. The Bertz CT molecular complexity index is 245. The van der Waals surface area contributed by atoms with Gasteiger partial charge < -0.3 is 10.1 Å². The lowest BCUT2D eigenvalue weighted by atomic mass is 9.85. The standard InChI is InChI=1S/C14H25NOS/c1-3-4-12(2)15-13-5-8-16-14(11-13)6-9-17-10-7-14/h3,12-13,15H,1,4-11H2,2H3. The molecule has 2 aliphatic heterocycles. The molecule has 2 nitrogen and oxygen atoms in total. The van der Waals surface area contributed by atoms with E-state index >= 15 is 0 Å². The van der Waals surface area contributed by atoms with Gasteiger partial charge in [0.2, 0.25) is 0 Å². The van der Waals surface area contributed by atoms with Gasteiger partial charge in [0.1, 0.15) is 0 Å². The highest BCUT2D eigenvalue weighted by molar-refractivity contribution is 7.99. The Morgan fingerprint density at radius 1 is 1.53 bits per heavy atom. The zero-order valence-corrected chi connectivity index (χ0v) is 11.7. The van der Waals surface area contributed by atoms with Crippen molar-refractivity contribution in [3.63, 3.8) is 0 Å². The van der Waals surface area contributed by atoms with Crippen molar-refractivity contribution < 1.29 is 4.74 Å². The number of hydrogen-bond donors (Lipinski definition) is 1. The van der Waals surface area contributed by atoms with Gasteiger partial charge in [-0.25, -0.2) is 0 Å². The molecule has 3 heteroatoms. The van der Waals surface area contributed by atoms with Gasteiger partial charge in [0.05, 0.1) is 5.60 Å². The van der Waals surface area contributed by atoms with Crippen LogP contribution in [-0.4, -0.2) is 35.8 Å². The molecule has 0 aromatic rings. The first kappa shape index (κ1) is 13.4. The summed E-state index contributed by atoms with van der Waals surface area (Å²) in [6.45, 7) is 6.99. The summed E-state index contributed by atoms with van der Waals surface area (Å²) in [6.07, 6.45) is 7.91. The van der Waals surface area contributed by atoms with E-state index in [1.807, 2.05) is 6.08 Å². The van der Waals surface area contributed by atoms with E-state index in [0.717, 1.165) is 19.4 Å². The molecule has 0 aromatic carbocycles. The summed E-state index contributed by atoms with van der Waals surface area (Å²) < 4.78 is 6.10. The molecule has 1 spiro atoms. The molecule has 2 aliphatic rings. The van der Waals surface area contributed by atoms with Crippen LogP contribution in [0.1, 0.15) is 39.0 Å². The third-order valence-electron chi connectivity index (χ3n) is 3.94. The number of ether oxygens (including phenoxy) is 1. The van der Waals surface area contributed by atoms with Crippen LogP contribution < -0.4 is 5.32 Å². The first-order valence-electron chi connectivity index (χ1n) is 6.83. The van der Waals surface area contributed by atoms with Crippen LogP contribution in [0.3, 0.4) is 0 Å². The Labute approximate surface area is 110 Å². The second kappa shape index (κ2) is 6.26. The Morgan fingerprint density at radius 2 is 2.29 bits per heavy atom. The first-order valence-corrected chi connectivity index (χ1v) is 7.98. The van der Waals surface area contributed by atoms with Gasteiger partial charge in [-0.3, -0.25) is 0 Å². The number of rotatable bonds is 4. The van der Waals surface area contributed by atoms with E-state index in [1.54, 1.807) is 0 Å². The molecule has 17 heavy (non-hydrogen) atoms. The molecule has 0 saturated carbocycles. The fourth-order valence-electron chi connectivity index (χ4n) is 2.98. The van der Waals surface area contributed by atoms with Crippen LogP contribution in [0, 0.1) is 0 Å². The molecule has 0 aromatic heterocycles. The molecular weight excluding hydrogens is 230 g/mol. The minimum absolute atomic E-state index is 0.203. The SMILES string of the molecule is C=CCC(C)NC1CCOC2(CCSCC2)C1. The Hall–Kier alpha value is 0.0100. The van der Waals surface area contributed by atoms with Crippen molar-refractivity contribution in [2.24, 2.45) is 0 Å². The van der Waals surface area contributed by atoms with Crippen LogP contribution in [0.5, 0.6) is 0 Å². The summed E-state index contributed by atoms with van der Waals surface area (Å²) in [5.74, 6) is 2.55. The van der Waals surface area contributed by atoms with Crippen molar-refractivity contribution in [1.29, 1.82) is 0 Å². The van der Waals surface area contributed by atoms with Crippen molar-refractivity contribution in [2.45, 2.75) is 56.7 Å². The lowest BCUT2D eigenvalue weighted by molar-refractivity contribution is -0.0939. The van der Waals surface area contributed by atoms with E-state index in [0.29, 0.717) is 12.1 Å². The molecule has 2 atom stereocenters. The molecule has 2 unspecified atom stereocenters. The van der Waals surface area contributed by atoms with E-state index in [1.165, 1.54) is 30.8 Å². The van der Waals surface area contributed by atoms with Crippen LogP contribution in [0.2, 0.25) is 0 Å². The minimum Gasteiger partial charge on any atom is -0.375 e. The Morgan fingerprint density at radius 3 is 3.00 bits per heavy atom. The van der Waals surface area contributed by atoms with E-state index in [9.17, 15) is 0 Å². The quantitative estimate of drug-likeness (QED) is 0.780. The van der Waals surface area contributed by atoms with Crippen molar-refractivity contribution in [1.82, 2.24) is 5.32 Å². The monoisotopic (exact) mass is 255 g/mol. The van der Waals surface area contributed by atoms with Gasteiger partial charge in [-0.2, -0.15) is 11.8 Å². The first-order chi connectivity index (χ1) is 8.24. The van der Waals surface area contributed by atoms with Gasteiger partial charge in [-0.05, 0) is 50.5 Å². The summed E-state index contributed by atoms with van der Waals surface area (Å²) in [5.41, 5.74) is 0.203. The van der Waals surface area contributed by atoms with E-state index < -0.39 is 0 Å². The predicted octanol–water partition coefficient (Wildman–Crippen LogP) is 2.99. The van der Waals surface area contributed by atoms with E-state index in [4.69, 9.17) is 4.74 Å². The molecule has 0 amide bonds.